The average molecular weight is 261 g/mol. The Kier molecular flexibility index (Phi) is 1.83. The molecule has 0 radical (unpaired) electrons. The molecule has 0 N–H and O–H groups in total. The SMILES string of the molecule is Cc1cccc2c1ccn1cc(Br)nc21. The van der Waals surface area contributed by atoms with Crippen LogP contribution in [0.1, 0.15) is 5.56 Å². The summed E-state index contributed by atoms with van der Waals surface area (Å²) in [7, 11) is 0. The van der Waals surface area contributed by atoms with E-state index in [0.29, 0.717) is 0 Å². The van der Waals surface area contributed by atoms with E-state index in [9.17, 15) is 0 Å². The largest absolute Gasteiger partial charge is 0.305 e. The second kappa shape index (κ2) is 3.07. The number of rotatable bonds is 0. The van der Waals surface area contributed by atoms with Crippen molar-refractivity contribution in [3.8, 4) is 0 Å². The smallest absolute Gasteiger partial charge is 0.145 e. The predicted molar refractivity (Wildman–Crippen MR) is 65.1 cm³/mol. The van der Waals surface area contributed by atoms with Crippen molar-refractivity contribution >= 4 is 32.3 Å². The molecule has 2 heterocycles. The summed E-state index contributed by atoms with van der Waals surface area (Å²) >= 11 is 3.40. The van der Waals surface area contributed by atoms with Crippen LogP contribution in [0.25, 0.3) is 16.4 Å². The fourth-order valence-electron chi connectivity index (χ4n) is 1.93. The number of hydrogen-bond donors (Lipinski definition) is 0. The first-order chi connectivity index (χ1) is 7.25. The number of pyridine rings is 1. The molecule has 3 rings (SSSR count). The van der Waals surface area contributed by atoms with Crippen LogP contribution >= 0.6 is 15.9 Å². The molecule has 0 saturated carbocycles. The second-order valence-corrected chi connectivity index (χ2v) is 4.46. The van der Waals surface area contributed by atoms with Crippen LogP contribution in [0, 0.1) is 6.92 Å². The number of halogens is 1. The summed E-state index contributed by atoms with van der Waals surface area (Å²) in [6.45, 7) is 2.12. The van der Waals surface area contributed by atoms with Gasteiger partial charge in [0.2, 0.25) is 0 Å². The van der Waals surface area contributed by atoms with Crippen molar-refractivity contribution in [3.05, 3.63) is 46.8 Å². The van der Waals surface area contributed by atoms with Gasteiger partial charge in [-0.05, 0) is 39.9 Å². The molecule has 15 heavy (non-hydrogen) atoms. The molecular formula is C12H9BrN2. The maximum Gasteiger partial charge on any atom is 0.145 e. The van der Waals surface area contributed by atoms with Gasteiger partial charge in [-0.15, -0.1) is 0 Å². The molecule has 0 bridgehead atoms. The van der Waals surface area contributed by atoms with E-state index in [0.717, 1.165) is 10.3 Å². The lowest BCUT2D eigenvalue weighted by Gasteiger charge is -2.02. The van der Waals surface area contributed by atoms with Crippen LogP contribution in [-0.2, 0) is 0 Å². The van der Waals surface area contributed by atoms with E-state index in [1.807, 2.05) is 16.8 Å². The Hall–Kier alpha value is -1.35. The fraction of sp³-hybridized carbons (Fsp3) is 0.0833. The summed E-state index contributed by atoms with van der Waals surface area (Å²) in [5.41, 5.74) is 2.29. The maximum atomic E-state index is 4.46. The van der Waals surface area contributed by atoms with Gasteiger partial charge in [-0.3, -0.25) is 0 Å². The van der Waals surface area contributed by atoms with Crippen molar-refractivity contribution in [2.45, 2.75) is 6.92 Å². The van der Waals surface area contributed by atoms with Gasteiger partial charge in [0, 0.05) is 17.8 Å². The highest BCUT2D eigenvalue weighted by Crippen LogP contribution is 2.23. The topological polar surface area (TPSA) is 17.3 Å². The normalized spacial score (nSPS) is 11.3. The molecule has 2 aromatic heterocycles. The number of imidazole rings is 1. The first-order valence-corrected chi connectivity index (χ1v) is 5.57. The predicted octanol–water partition coefficient (Wildman–Crippen LogP) is 3.56. The molecular weight excluding hydrogens is 252 g/mol. The van der Waals surface area contributed by atoms with E-state index in [1.165, 1.54) is 16.3 Å². The van der Waals surface area contributed by atoms with Crippen molar-refractivity contribution in [2.75, 3.05) is 0 Å². The van der Waals surface area contributed by atoms with E-state index in [1.54, 1.807) is 0 Å². The van der Waals surface area contributed by atoms with Gasteiger partial charge in [0.05, 0.1) is 0 Å². The summed E-state index contributed by atoms with van der Waals surface area (Å²) < 4.78 is 2.91. The summed E-state index contributed by atoms with van der Waals surface area (Å²) in [6.07, 6.45) is 4.01. The van der Waals surface area contributed by atoms with Gasteiger partial charge < -0.3 is 4.40 Å². The van der Waals surface area contributed by atoms with Crippen LogP contribution in [0.15, 0.2) is 41.3 Å². The van der Waals surface area contributed by atoms with Gasteiger partial charge in [-0.1, -0.05) is 18.2 Å². The van der Waals surface area contributed by atoms with Gasteiger partial charge in [0.1, 0.15) is 10.3 Å². The zero-order valence-electron chi connectivity index (χ0n) is 8.24. The number of fused-ring (bicyclic) bond motifs is 3. The van der Waals surface area contributed by atoms with Gasteiger partial charge in [-0.2, -0.15) is 0 Å². The number of nitrogens with zero attached hydrogens (tertiary/aromatic N) is 2. The Labute approximate surface area is 95.7 Å². The third-order valence-electron chi connectivity index (χ3n) is 2.67. The Morgan fingerprint density at radius 2 is 2.07 bits per heavy atom. The van der Waals surface area contributed by atoms with E-state index in [4.69, 9.17) is 0 Å². The van der Waals surface area contributed by atoms with Gasteiger partial charge in [-0.25, -0.2) is 4.98 Å². The molecule has 0 aliphatic heterocycles. The Balaban J connectivity index is 2.59. The number of aryl methyl sites for hydroxylation is 1. The molecule has 0 unspecified atom stereocenters. The van der Waals surface area contributed by atoms with Gasteiger partial charge in [0.25, 0.3) is 0 Å². The first-order valence-electron chi connectivity index (χ1n) is 4.78. The molecule has 1 aromatic carbocycles. The van der Waals surface area contributed by atoms with Crippen molar-refractivity contribution < 1.29 is 0 Å². The Morgan fingerprint density at radius 1 is 1.20 bits per heavy atom. The van der Waals surface area contributed by atoms with E-state index >= 15 is 0 Å². The zero-order chi connectivity index (χ0) is 10.4. The maximum absolute atomic E-state index is 4.46. The molecule has 0 aliphatic rings. The lowest BCUT2D eigenvalue weighted by Crippen LogP contribution is -1.86. The van der Waals surface area contributed by atoms with Crippen molar-refractivity contribution in [1.29, 1.82) is 0 Å². The van der Waals surface area contributed by atoms with E-state index in [-0.39, 0.29) is 0 Å². The Bertz CT molecular complexity index is 655. The molecule has 0 atom stereocenters. The van der Waals surface area contributed by atoms with Crippen LogP contribution in [0.3, 0.4) is 0 Å². The minimum absolute atomic E-state index is 0.872. The molecule has 0 amide bonds. The average Bonchev–Trinajstić information content (AvgIpc) is 2.59. The molecule has 0 aliphatic carbocycles. The van der Waals surface area contributed by atoms with Crippen LogP contribution in [0.2, 0.25) is 0 Å². The fourth-order valence-corrected chi connectivity index (χ4v) is 2.32. The monoisotopic (exact) mass is 260 g/mol. The molecule has 2 nitrogen and oxygen atoms in total. The van der Waals surface area contributed by atoms with Crippen LogP contribution in [0.4, 0.5) is 0 Å². The molecule has 0 fully saturated rings. The summed E-state index contributed by atoms with van der Waals surface area (Å²) in [5, 5.41) is 2.46. The Morgan fingerprint density at radius 3 is 2.93 bits per heavy atom. The van der Waals surface area contributed by atoms with Crippen molar-refractivity contribution in [1.82, 2.24) is 9.38 Å². The van der Waals surface area contributed by atoms with Crippen LogP contribution in [0.5, 0.6) is 0 Å². The molecule has 74 valence electrons. The van der Waals surface area contributed by atoms with Crippen LogP contribution < -0.4 is 0 Å². The van der Waals surface area contributed by atoms with E-state index in [2.05, 4.69) is 52.1 Å². The summed E-state index contributed by atoms with van der Waals surface area (Å²) in [4.78, 5) is 4.46. The standard InChI is InChI=1S/C12H9BrN2/c1-8-3-2-4-10-9(8)5-6-15-7-11(13)14-12(10)15/h2-7H,1H3. The number of benzene rings is 1. The van der Waals surface area contributed by atoms with Crippen molar-refractivity contribution in [3.63, 3.8) is 0 Å². The zero-order valence-corrected chi connectivity index (χ0v) is 9.82. The molecule has 3 heteroatoms. The van der Waals surface area contributed by atoms with Gasteiger partial charge in [0.15, 0.2) is 0 Å². The quantitative estimate of drug-likeness (QED) is 0.604. The second-order valence-electron chi connectivity index (χ2n) is 3.65. The number of hydrogen-bond acceptors (Lipinski definition) is 1. The molecule has 3 aromatic rings. The minimum Gasteiger partial charge on any atom is -0.305 e. The highest BCUT2D eigenvalue weighted by Gasteiger charge is 2.04. The minimum atomic E-state index is 0.872. The molecule has 0 spiro atoms. The van der Waals surface area contributed by atoms with Crippen molar-refractivity contribution in [2.24, 2.45) is 0 Å². The lowest BCUT2D eigenvalue weighted by molar-refractivity contribution is 1.20. The summed E-state index contributed by atoms with van der Waals surface area (Å²) in [6, 6.07) is 8.43. The molecule has 0 saturated heterocycles. The highest BCUT2D eigenvalue weighted by molar-refractivity contribution is 9.10. The third kappa shape index (κ3) is 1.27. The highest BCUT2D eigenvalue weighted by atomic mass is 79.9. The first kappa shape index (κ1) is 8.92. The third-order valence-corrected chi connectivity index (χ3v) is 3.05. The number of aromatic nitrogens is 2. The lowest BCUT2D eigenvalue weighted by atomic mass is 10.1. The van der Waals surface area contributed by atoms with Gasteiger partial charge >= 0.3 is 0 Å². The van der Waals surface area contributed by atoms with E-state index < -0.39 is 0 Å². The summed E-state index contributed by atoms with van der Waals surface area (Å²) in [5.74, 6) is 0. The van der Waals surface area contributed by atoms with Crippen LogP contribution in [-0.4, -0.2) is 9.38 Å².